The monoisotopic (exact) mass is 418 g/mol. The Labute approximate surface area is 184 Å². The van der Waals surface area contributed by atoms with Crippen LogP contribution in [0.25, 0.3) is 6.08 Å². The van der Waals surface area contributed by atoms with Gasteiger partial charge in [-0.2, -0.15) is 0 Å². The third kappa shape index (κ3) is 4.53. The molecule has 31 heavy (non-hydrogen) atoms. The molecule has 2 heterocycles. The van der Waals surface area contributed by atoms with Gasteiger partial charge in [-0.3, -0.25) is 0 Å². The van der Waals surface area contributed by atoms with E-state index in [4.69, 9.17) is 18.9 Å². The van der Waals surface area contributed by atoms with Crippen molar-refractivity contribution in [3.63, 3.8) is 0 Å². The minimum absolute atomic E-state index is 0.0856. The van der Waals surface area contributed by atoms with Gasteiger partial charge in [-0.1, -0.05) is 78.9 Å². The van der Waals surface area contributed by atoms with Gasteiger partial charge in [0.1, 0.15) is 24.4 Å². The summed E-state index contributed by atoms with van der Waals surface area (Å²) < 4.78 is 25.1. The lowest BCUT2D eigenvalue weighted by Gasteiger charge is -2.34. The Morgan fingerprint density at radius 3 is 2.52 bits per heavy atom. The van der Waals surface area contributed by atoms with Crippen LogP contribution in [-0.2, 0) is 25.4 Å². The van der Waals surface area contributed by atoms with E-state index in [-0.39, 0.29) is 24.4 Å². The van der Waals surface area contributed by atoms with Gasteiger partial charge in [-0.25, -0.2) is 0 Å². The van der Waals surface area contributed by atoms with E-state index in [1.807, 2.05) is 32.0 Å². The quantitative estimate of drug-likeness (QED) is 0.632. The fraction of sp³-hybridized carbons (Fsp3) is 0.407. The number of benzene rings is 2. The molecule has 2 aromatic rings. The maximum atomic E-state index is 6.37. The Balaban J connectivity index is 1.33. The van der Waals surface area contributed by atoms with Crippen LogP contribution < -0.4 is 0 Å². The normalized spacial score (nSPS) is 31.4. The molecule has 0 spiro atoms. The second-order valence-corrected chi connectivity index (χ2v) is 8.98. The van der Waals surface area contributed by atoms with Gasteiger partial charge in [0.15, 0.2) is 5.79 Å². The molecule has 162 valence electrons. The molecular formula is C27H30O4. The van der Waals surface area contributed by atoms with E-state index in [0.29, 0.717) is 19.1 Å². The summed E-state index contributed by atoms with van der Waals surface area (Å²) in [4.78, 5) is 0. The first-order valence-corrected chi connectivity index (χ1v) is 11.1. The van der Waals surface area contributed by atoms with Crippen molar-refractivity contribution in [3.8, 4) is 0 Å². The molecule has 2 aliphatic heterocycles. The molecule has 0 bridgehead atoms. The van der Waals surface area contributed by atoms with Crippen molar-refractivity contribution in [2.24, 2.45) is 5.92 Å². The molecule has 0 amide bonds. The Kier molecular flexibility index (Phi) is 5.81. The average Bonchev–Trinajstić information content (AvgIpc) is 3.31. The van der Waals surface area contributed by atoms with E-state index in [2.05, 4.69) is 60.7 Å². The highest BCUT2D eigenvalue weighted by atomic mass is 16.8. The predicted molar refractivity (Wildman–Crippen MR) is 121 cm³/mol. The van der Waals surface area contributed by atoms with Crippen LogP contribution in [0, 0.1) is 5.92 Å². The summed E-state index contributed by atoms with van der Waals surface area (Å²) in [6.07, 6.45) is 6.80. The highest BCUT2D eigenvalue weighted by molar-refractivity contribution is 5.48. The number of ether oxygens (including phenoxy) is 4. The molecule has 2 aromatic carbocycles. The SMILES string of the molecule is CC1(C)O[C@H]2[C@H](OC/C=C/c3ccccc3)[C@@H]3OC[C@H](Cc4ccccc4)C3=C[C@H]2O1. The smallest absolute Gasteiger partial charge is 0.164 e. The van der Waals surface area contributed by atoms with Gasteiger partial charge in [0.25, 0.3) is 0 Å². The van der Waals surface area contributed by atoms with Gasteiger partial charge in [0.05, 0.1) is 13.2 Å². The van der Waals surface area contributed by atoms with Crippen LogP contribution >= 0.6 is 0 Å². The van der Waals surface area contributed by atoms with Crippen LogP contribution in [0.2, 0.25) is 0 Å². The van der Waals surface area contributed by atoms with Gasteiger partial charge in [-0.05, 0) is 37.0 Å². The standard InChI is InChI=1S/C27H30O4/c1-27(2)30-23-17-22-21(16-20-12-7-4-8-13-20)18-29-24(22)26(25(23)31-27)28-15-9-14-19-10-5-3-6-11-19/h3-14,17,21,23-26H,15-16,18H2,1-2H3/b14-9+/t21-,23+,24+,25+,26+/m0/s1. The van der Waals surface area contributed by atoms with Gasteiger partial charge in [0, 0.05) is 5.92 Å². The molecule has 0 saturated carbocycles. The van der Waals surface area contributed by atoms with Crippen molar-refractivity contribution >= 4 is 6.08 Å². The van der Waals surface area contributed by atoms with Crippen molar-refractivity contribution in [2.75, 3.05) is 13.2 Å². The van der Waals surface area contributed by atoms with Crippen LogP contribution in [0.3, 0.4) is 0 Å². The average molecular weight is 419 g/mol. The van der Waals surface area contributed by atoms with Crippen molar-refractivity contribution < 1.29 is 18.9 Å². The summed E-state index contributed by atoms with van der Waals surface area (Å²) >= 11 is 0. The third-order valence-electron chi connectivity index (χ3n) is 6.24. The number of rotatable bonds is 6. The van der Waals surface area contributed by atoms with Gasteiger partial charge >= 0.3 is 0 Å². The molecule has 4 nitrogen and oxygen atoms in total. The molecule has 3 aliphatic rings. The van der Waals surface area contributed by atoms with E-state index in [1.54, 1.807) is 0 Å². The zero-order valence-corrected chi connectivity index (χ0v) is 18.1. The number of hydrogen-bond acceptors (Lipinski definition) is 4. The van der Waals surface area contributed by atoms with Crippen molar-refractivity contribution in [1.29, 1.82) is 0 Å². The van der Waals surface area contributed by atoms with Crippen LogP contribution in [0.5, 0.6) is 0 Å². The highest BCUT2D eigenvalue weighted by Crippen LogP contribution is 2.43. The predicted octanol–water partition coefficient (Wildman–Crippen LogP) is 4.80. The van der Waals surface area contributed by atoms with Gasteiger partial charge in [-0.15, -0.1) is 0 Å². The first-order chi connectivity index (χ1) is 15.1. The minimum atomic E-state index is -0.624. The first kappa shape index (κ1) is 20.7. The molecule has 0 N–H and O–H groups in total. The summed E-state index contributed by atoms with van der Waals surface area (Å²) in [6, 6.07) is 20.9. The molecule has 0 aromatic heterocycles. The molecule has 5 rings (SSSR count). The Morgan fingerprint density at radius 2 is 1.74 bits per heavy atom. The van der Waals surface area contributed by atoms with E-state index in [1.165, 1.54) is 11.1 Å². The molecule has 2 fully saturated rings. The summed E-state index contributed by atoms with van der Waals surface area (Å²) in [5.41, 5.74) is 3.78. The second-order valence-electron chi connectivity index (χ2n) is 8.98. The van der Waals surface area contributed by atoms with E-state index < -0.39 is 5.79 Å². The number of fused-ring (bicyclic) bond motifs is 2. The van der Waals surface area contributed by atoms with Crippen LogP contribution in [0.15, 0.2) is 78.4 Å². The van der Waals surface area contributed by atoms with Crippen molar-refractivity contribution in [3.05, 3.63) is 89.5 Å². The third-order valence-corrected chi connectivity index (χ3v) is 6.24. The molecule has 4 heteroatoms. The fourth-order valence-electron chi connectivity index (χ4n) is 4.89. The largest absolute Gasteiger partial charge is 0.370 e. The fourth-order valence-corrected chi connectivity index (χ4v) is 4.89. The molecule has 0 unspecified atom stereocenters. The van der Waals surface area contributed by atoms with E-state index in [9.17, 15) is 0 Å². The topological polar surface area (TPSA) is 36.9 Å². The highest BCUT2D eigenvalue weighted by Gasteiger charge is 2.53. The van der Waals surface area contributed by atoms with Crippen LogP contribution in [0.1, 0.15) is 25.0 Å². The zero-order chi connectivity index (χ0) is 21.3. The van der Waals surface area contributed by atoms with E-state index >= 15 is 0 Å². The maximum Gasteiger partial charge on any atom is 0.164 e. The first-order valence-electron chi connectivity index (χ1n) is 11.1. The molecule has 0 radical (unpaired) electrons. The zero-order valence-electron chi connectivity index (χ0n) is 18.1. The van der Waals surface area contributed by atoms with Crippen molar-refractivity contribution in [1.82, 2.24) is 0 Å². The second kappa shape index (κ2) is 8.71. The lowest BCUT2D eigenvalue weighted by Crippen LogP contribution is -2.48. The number of hydrogen-bond donors (Lipinski definition) is 0. The summed E-state index contributed by atoms with van der Waals surface area (Å²) in [5.74, 6) is -0.284. The Bertz CT molecular complexity index is 934. The molecular weight excluding hydrogens is 388 g/mol. The minimum Gasteiger partial charge on any atom is -0.370 e. The van der Waals surface area contributed by atoms with Crippen molar-refractivity contribution in [2.45, 2.75) is 50.5 Å². The van der Waals surface area contributed by atoms with Gasteiger partial charge < -0.3 is 18.9 Å². The molecule has 5 atom stereocenters. The van der Waals surface area contributed by atoms with E-state index in [0.717, 1.165) is 12.0 Å². The summed E-state index contributed by atoms with van der Waals surface area (Å²) in [6.45, 7) is 5.14. The summed E-state index contributed by atoms with van der Waals surface area (Å²) in [7, 11) is 0. The maximum absolute atomic E-state index is 6.37. The molecule has 1 aliphatic carbocycles. The summed E-state index contributed by atoms with van der Waals surface area (Å²) in [5, 5.41) is 0. The lowest BCUT2D eigenvalue weighted by molar-refractivity contribution is -0.166. The van der Waals surface area contributed by atoms with Gasteiger partial charge in [0.2, 0.25) is 0 Å². The lowest BCUT2D eigenvalue weighted by atomic mass is 9.82. The van der Waals surface area contributed by atoms with Crippen LogP contribution in [-0.4, -0.2) is 43.4 Å². The Morgan fingerprint density at radius 1 is 1.00 bits per heavy atom. The Hall–Kier alpha value is -2.24. The van der Waals surface area contributed by atoms with Crippen LogP contribution in [0.4, 0.5) is 0 Å². The molecule has 2 saturated heterocycles.